The molecule has 1 aromatic rings. The van der Waals surface area contributed by atoms with Crippen LogP contribution >= 0.6 is 0 Å². The van der Waals surface area contributed by atoms with E-state index in [2.05, 4.69) is 25.9 Å². The van der Waals surface area contributed by atoms with Crippen LogP contribution in [-0.4, -0.2) is 26.3 Å². The van der Waals surface area contributed by atoms with E-state index in [4.69, 9.17) is 0 Å². The van der Waals surface area contributed by atoms with Crippen molar-refractivity contribution < 1.29 is 9.90 Å². The Hall–Kier alpha value is -1.16. The molecule has 0 radical (unpaired) electrons. The first-order valence-electron chi connectivity index (χ1n) is 8.28. The van der Waals surface area contributed by atoms with Crippen LogP contribution in [-0.2, 0) is 11.2 Å². The van der Waals surface area contributed by atoms with Gasteiger partial charge in [-0.15, -0.1) is 0 Å². The van der Waals surface area contributed by atoms with Crippen LogP contribution in [0.2, 0.25) is 0 Å². The number of carbonyl (C=O) groups is 1. The first-order valence-corrected chi connectivity index (χ1v) is 8.28. The largest absolute Gasteiger partial charge is 0.382 e. The number of nitrogens with zero attached hydrogens (tertiary/aromatic N) is 2. The van der Waals surface area contributed by atoms with E-state index in [1.165, 1.54) is 0 Å². The molecule has 1 aliphatic rings. The molecule has 0 unspecified atom stereocenters. The summed E-state index contributed by atoms with van der Waals surface area (Å²) in [5.41, 5.74) is -0.343. The summed E-state index contributed by atoms with van der Waals surface area (Å²) < 4.78 is 1.95. The fourth-order valence-electron chi connectivity index (χ4n) is 3.19. The molecule has 2 rings (SSSR count). The van der Waals surface area contributed by atoms with Gasteiger partial charge in [0.15, 0.2) is 5.78 Å². The normalized spacial score (nSPS) is 26.2. The lowest BCUT2D eigenvalue weighted by atomic mass is 9.76. The van der Waals surface area contributed by atoms with Gasteiger partial charge in [0.25, 0.3) is 0 Å². The molecule has 0 amide bonds. The Bertz CT molecular complexity index is 469. The Labute approximate surface area is 127 Å². The second-order valence-corrected chi connectivity index (χ2v) is 6.57. The first-order chi connectivity index (χ1) is 9.98. The molecule has 0 aromatic carbocycles. The molecule has 1 saturated carbocycles. The SMILES string of the molecule is CCC(CC)n1ccc(CC(=O)C2(O)CCC(C)CC2)n1. The van der Waals surface area contributed by atoms with Gasteiger partial charge in [-0.1, -0.05) is 20.8 Å². The maximum absolute atomic E-state index is 12.4. The quantitative estimate of drug-likeness (QED) is 0.875. The van der Waals surface area contributed by atoms with Gasteiger partial charge in [0.05, 0.1) is 18.2 Å². The van der Waals surface area contributed by atoms with Gasteiger partial charge in [-0.25, -0.2) is 0 Å². The van der Waals surface area contributed by atoms with Gasteiger partial charge >= 0.3 is 0 Å². The average molecular weight is 292 g/mol. The average Bonchev–Trinajstić information content (AvgIpc) is 2.92. The van der Waals surface area contributed by atoms with Gasteiger partial charge in [-0.05, 0) is 50.5 Å². The van der Waals surface area contributed by atoms with Crippen LogP contribution in [0.15, 0.2) is 12.3 Å². The Morgan fingerprint density at radius 3 is 2.62 bits per heavy atom. The topological polar surface area (TPSA) is 55.1 Å². The number of ketones is 1. The van der Waals surface area contributed by atoms with Gasteiger partial charge < -0.3 is 5.11 Å². The van der Waals surface area contributed by atoms with Crippen LogP contribution < -0.4 is 0 Å². The van der Waals surface area contributed by atoms with Crippen molar-refractivity contribution in [2.75, 3.05) is 0 Å². The molecule has 0 spiro atoms. The van der Waals surface area contributed by atoms with Crippen molar-refractivity contribution in [3.8, 4) is 0 Å². The van der Waals surface area contributed by atoms with Crippen LogP contribution in [0, 0.1) is 5.92 Å². The Kier molecular flexibility index (Phi) is 5.20. The number of aliphatic hydroxyl groups is 1. The van der Waals surface area contributed by atoms with Crippen LogP contribution in [0.1, 0.15) is 71.0 Å². The maximum Gasteiger partial charge on any atom is 0.170 e. The van der Waals surface area contributed by atoms with E-state index < -0.39 is 5.60 Å². The smallest absolute Gasteiger partial charge is 0.170 e. The van der Waals surface area contributed by atoms with E-state index in [1.807, 2.05) is 16.9 Å². The number of aromatic nitrogens is 2. The molecular weight excluding hydrogens is 264 g/mol. The number of hydrogen-bond acceptors (Lipinski definition) is 3. The van der Waals surface area contributed by atoms with E-state index in [-0.39, 0.29) is 12.2 Å². The van der Waals surface area contributed by atoms with E-state index in [0.29, 0.717) is 24.8 Å². The third-order valence-corrected chi connectivity index (χ3v) is 4.94. The summed E-state index contributed by atoms with van der Waals surface area (Å²) in [6.07, 6.45) is 7.33. The zero-order valence-electron chi connectivity index (χ0n) is 13.5. The summed E-state index contributed by atoms with van der Waals surface area (Å²) in [5, 5.41) is 15.1. The van der Waals surface area contributed by atoms with E-state index in [1.54, 1.807) is 0 Å². The van der Waals surface area contributed by atoms with Crippen molar-refractivity contribution in [2.24, 2.45) is 5.92 Å². The third-order valence-electron chi connectivity index (χ3n) is 4.94. The minimum atomic E-state index is -1.12. The molecule has 4 heteroatoms. The number of carbonyl (C=O) groups excluding carboxylic acids is 1. The minimum absolute atomic E-state index is 0.0656. The van der Waals surface area contributed by atoms with Gasteiger partial charge in [-0.2, -0.15) is 5.10 Å². The molecule has 0 saturated heterocycles. The predicted octanol–water partition coefficient (Wildman–Crippen LogP) is 3.30. The molecule has 1 heterocycles. The molecule has 1 aliphatic carbocycles. The summed E-state index contributed by atoms with van der Waals surface area (Å²) in [5.74, 6) is 0.552. The summed E-state index contributed by atoms with van der Waals surface area (Å²) in [7, 11) is 0. The zero-order valence-corrected chi connectivity index (χ0v) is 13.5. The lowest BCUT2D eigenvalue weighted by Gasteiger charge is -2.33. The first kappa shape index (κ1) is 16.2. The second-order valence-electron chi connectivity index (χ2n) is 6.57. The summed E-state index contributed by atoms with van der Waals surface area (Å²) in [6, 6.07) is 2.30. The number of rotatable bonds is 6. The third kappa shape index (κ3) is 3.73. The Morgan fingerprint density at radius 2 is 2.05 bits per heavy atom. The lowest BCUT2D eigenvalue weighted by Crippen LogP contribution is -2.42. The molecule has 21 heavy (non-hydrogen) atoms. The maximum atomic E-state index is 12.4. The van der Waals surface area contributed by atoms with Crippen molar-refractivity contribution in [3.63, 3.8) is 0 Å². The molecule has 4 nitrogen and oxygen atoms in total. The molecular formula is C17H28N2O2. The molecule has 0 aliphatic heterocycles. The van der Waals surface area contributed by atoms with Crippen molar-refractivity contribution in [1.82, 2.24) is 9.78 Å². The molecule has 1 fully saturated rings. The van der Waals surface area contributed by atoms with E-state index in [9.17, 15) is 9.90 Å². The highest BCUT2D eigenvalue weighted by Crippen LogP contribution is 2.33. The van der Waals surface area contributed by atoms with Crippen LogP contribution in [0.25, 0.3) is 0 Å². The van der Waals surface area contributed by atoms with Crippen molar-refractivity contribution in [3.05, 3.63) is 18.0 Å². The molecule has 1 N–H and O–H groups in total. The lowest BCUT2D eigenvalue weighted by molar-refractivity contribution is -0.140. The van der Waals surface area contributed by atoms with Crippen molar-refractivity contribution in [1.29, 1.82) is 0 Å². The highest BCUT2D eigenvalue weighted by atomic mass is 16.3. The second kappa shape index (κ2) is 6.73. The minimum Gasteiger partial charge on any atom is -0.382 e. The Balaban J connectivity index is 2.00. The van der Waals surface area contributed by atoms with Gasteiger partial charge in [0, 0.05) is 6.20 Å². The monoisotopic (exact) mass is 292 g/mol. The van der Waals surface area contributed by atoms with Gasteiger partial charge in [0.2, 0.25) is 0 Å². The van der Waals surface area contributed by atoms with Crippen LogP contribution in [0.4, 0.5) is 0 Å². The fourth-order valence-corrected chi connectivity index (χ4v) is 3.19. The van der Waals surface area contributed by atoms with E-state index in [0.717, 1.165) is 31.4 Å². The molecule has 0 atom stereocenters. The predicted molar refractivity (Wildman–Crippen MR) is 83.1 cm³/mol. The van der Waals surface area contributed by atoms with Gasteiger partial charge in [-0.3, -0.25) is 9.48 Å². The van der Waals surface area contributed by atoms with Crippen molar-refractivity contribution in [2.45, 2.75) is 77.4 Å². The van der Waals surface area contributed by atoms with Gasteiger partial charge in [0.1, 0.15) is 5.60 Å². The Morgan fingerprint density at radius 1 is 1.43 bits per heavy atom. The number of Topliss-reactive ketones (excluding diaryl/α,β-unsaturated/α-hetero) is 1. The summed E-state index contributed by atoms with van der Waals surface area (Å²) >= 11 is 0. The standard InChI is InChI=1S/C17H28N2O2/c1-4-15(5-2)19-11-8-14(18-19)12-16(20)17(21)9-6-13(3)7-10-17/h8,11,13,15,21H,4-7,9-10,12H2,1-3H3. The molecule has 0 bridgehead atoms. The summed E-state index contributed by atoms with van der Waals surface area (Å²) in [4.78, 5) is 12.4. The fraction of sp³-hybridized carbons (Fsp3) is 0.765. The molecule has 118 valence electrons. The summed E-state index contributed by atoms with van der Waals surface area (Å²) in [6.45, 7) is 6.47. The zero-order chi connectivity index (χ0) is 15.5. The van der Waals surface area contributed by atoms with Crippen LogP contribution in [0.3, 0.4) is 0 Å². The van der Waals surface area contributed by atoms with Crippen LogP contribution in [0.5, 0.6) is 0 Å². The van der Waals surface area contributed by atoms with E-state index >= 15 is 0 Å². The van der Waals surface area contributed by atoms with Crippen molar-refractivity contribution >= 4 is 5.78 Å². The highest BCUT2D eigenvalue weighted by molar-refractivity contribution is 5.88. The molecule has 1 aromatic heterocycles. The number of hydrogen-bond donors (Lipinski definition) is 1. The highest BCUT2D eigenvalue weighted by Gasteiger charge is 2.38.